The molecule has 1 aliphatic rings. The molecule has 0 radical (unpaired) electrons. The Labute approximate surface area is 105 Å². The van der Waals surface area contributed by atoms with Crippen LogP contribution in [0.2, 0.25) is 0 Å². The zero-order valence-corrected chi connectivity index (χ0v) is 9.96. The molecular weight excluding hydrogens is 234 g/mol. The van der Waals surface area contributed by atoms with Crippen LogP contribution in [0.15, 0.2) is 24.3 Å². The van der Waals surface area contributed by atoms with Crippen molar-refractivity contribution in [2.45, 2.75) is 12.8 Å². The van der Waals surface area contributed by atoms with Gasteiger partial charge in [0.1, 0.15) is 5.75 Å². The molecule has 1 aromatic rings. The van der Waals surface area contributed by atoms with Crippen LogP contribution in [0.25, 0.3) is 0 Å². The monoisotopic (exact) mass is 249 g/mol. The Hall–Kier alpha value is -2.04. The van der Waals surface area contributed by atoms with Gasteiger partial charge in [-0.15, -0.1) is 0 Å². The number of carboxylic acids is 1. The van der Waals surface area contributed by atoms with E-state index in [9.17, 15) is 9.59 Å². The highest BCUT2D eigenvalue weighted by molar-refractivity contribution is 5.78. The molecular formula is C13H15NO4. The van der Waals surface area contributed by atoms with Gasteiger partial charge in [-0.25, -0.2) is 0 Å². The van der Waals surface area contributed by atoms with Gasteiger partial charge in [0.15, 0.2) is 6.61 Å². The van der Waals surface area contributed by atoms with E-state index in [2.05, 4.69) is 0 Å². The molecule has 1 fully saturated rings. The molecule has 0 spiro atoms. The van der Waals surface area contributed by atoms with E-state index in [0.717, 1.165) is 19.5 Å². The van der Waals surface area contributed by atoms with Crippen LogP contribution in [-0.4, -0.2) is 41.6 Å². The molecule has 1 aromatic carbocycles. The second-order valence-corrected chi connectivity index (χ2v) is 4.20. The van der Waals surface area contributed by atoms with Gasteiger partial charge in [0, 0.05) is 18.7 Å². The second kappa shape index (κ2) is 5.53. The Morgan fingerprint density at radius 1 is 1.28 bits per heavy atom. The highest BCUT2D eigenvalue weighted by atomic mass is 16.5. The number of aliphatic carboxylic acids is 1. The van der Waals surface area contributed by atoms with Crippen LogP contribution in [0.4, 0.5) is 0 Å². The van der Waals surface area contributed by atoms with Crippen molar-refractivity contribution in [1.82, 2.24) is 4.90 Å². The van der Waals surface area contributed by atoms with E-state index >= 15 is 0 Å². The van der Waals surface area contributed by atoms with Gasteiger partial charge in [0.25, 0.3) is 5.91 Å². The molecule has 96 valence electrons. The molecule has 1 saturated heterocycles. The predicted molar refractivity (Wildman–Crippen MR) is 64.5 cm³/mol. The fourth-order valence-corrected chi connectivity index (χ4v) is 1.75. The molecule has 5 heteroatoms. The third-order valence-corrected chi connectivity index (χ3v) is 2.87. The van der Waals surface area contributed by atoms with E-state index in [1.165, 1.54) is 0 Å². The van der Waals surface area contributed by atoms with E-state index in [4.69, 9.17) is 9.84 Å². The standard InChI is InChI=1S/C13H15NO4/c15-12(14-6-3-7-14)9-18-11-5-2-1-4-10(11)8-13(16)17/h1-2,4-5H,3,6-9H2,(H,16,17). The van der Waals surface area contributed by atoms with Gasteiger partial charge in [0.2, 0.25) is 0 Å². The summed E-state index contributed by atoms with van der Waals surface area (Å²) in [5.41, 5.74) is 0.585. The van der Waals surface area contributed by atoms with Crippen LogP contribution in [-0.2, 0) is 16.0 Å². The predicted octanol–water partition coefficient (Wildman–Crippen LogP) is 0.925. The molecule has 1 N–H and O–H groups in total. The van der Waals surface area contributed by atoms with Crippen molar-refractivity contribution in [2.24, 2.45) is 0 Å². The largest absolute Gasteiger partial charge is 0.483 e. The van der Waals surface area contributed by atoms with E-state index in [-0.39, 0.29) is 18.9 Å². The number of para-hydroxylation sites is 1. The van der Waals surface area contributed by atoms with Crippen LogP contribution in [0.1, 0.15) is 12.0 Å². The third kappa shape index (κ3) is 3.00. The van der Waals surface area contributed by atoms with E-state index in [0.29, 0.717) is 11.3 Å². The number of carbonyl (C=O) groups is 2. The van der Waals surface area contributed by atoms with E-state index < -0.39 is 5.97 Å². The maximum Gasteiger partial charge on any atom is 0.307 e. The lowest BCUT2D eigenvalue weighted by atomic mass is 10.1. The highest BCUT2D eigenvalue weighted by Gasteiger charge is 2.20. The van der Waals surface area contributed by atoms with Gasteiger partial charge in [-0.05, 0) is 12.5 Å². The quantitative estimate of drug-likeness (QED) is 0.842. The van der Waals surface area contributed by atoms with Gasteiger partial charge in [0.05, 0.1) is 6.42 Å². The lowest BCUT2D eigenvalue weighted by Gasteiger charge is -2.30. The zero-order chi connectivity index (χ0) is 13.0. The zero-order valence-electron chi connectivity index (χ0n) is 9.96. The van der Waals surface area contributed by atoms with E-state index in [1.807, 2.05) is 0 Å². The van der Waals surface area contributed by atoms with Gasteiger partial charge >= 0.3 is 5.97 Å². The van der Waals surface area contributed by atoms with Gasteiger partial charge < -0.3 is 14.7 Å². The number of amides is 1. The van der Waals surface area contributed by atoms with Crippen LogP contribution in [0.3, 0.4) is 0 Å². The summed E-state index contributed by atoms with van der Waals surface area (Å²) in [6, 6.07) is 6.89. The number of nitrogens with zero attached hydrogens (tertiary/aromatic N) is 1. The summed E-state index contributed by atoms with van der Waals surface area (Å²) in [7, 11) is 0. The Morgan fingerprint density at radius 2 is 2.00 bits per heavy atom. The molecule has 1 heterocycles. The highest BCUT2D eigenvalue weighted by Crippen LogP contribution is 2.19. The van der Waals surface area contributed by atoms with E-state index in [1.54, 1.807) is 29.2 Å². The maximum absolute atomic E-state index is 11.6. The molecule has 0 atom stereocenters. The molecule has 0 saturated carbocycles. The fourth-order valence-electron chi connectivity index (χ4n) is 1.75. The smallest absolute Gasteiger partial charge is 0.307 e. The number of carbonyl (C=O) groups excluding carboxylic acids is 1. The molecule has 0 aliphatic carbocycles. The molecule has 1 amide bonds. The number of likely N-dealkylation sites (tertiary alicyclic amines) is 1. The first-order valence-corrected chi connectivity index (χ1v) is 5.87. The minimum absolute atomic E-state index is 0.0311. The maximum atomic E-state index is 11.6. The second-order valence-electron chi connectivity index (χ2n) is 4.20. The average Bonchev–Trinajstić information content (AvgIpc) is 2.25. The molecule has 18 heavy (non-hydrogen) atoms. The first kappa shape index (κ1) is 12.4. The molecule has 0 aromatic heterocycles. The van der Waals surface area contributed by atoms with Crippen LogP contribution in [0.5, 0.6) is 5.75 Å². The number of rotatable bonds is 5. The Kier molecular flexibility index (Phi) is 3.82. The minimum Gasteiger partial charge on any atom is -0.483 e. The lowest BCUT2D eigenvalue weighted by Crippen LogP contribution is -2.44. The van der Waals surface area contributed by atoms with Crippen molar-refractivity contribution in [1.29, 1.82) is 0 Å². The number of carboxylic acid groups (broad SMARTS) is 1. The first-order chi connectivity index (χ1) is 8.66. The third-order valence-electron chi connectivity index (χ3n) is 2.87. The first-order valence-electron chi connectivity index (χ1n) is 5.87. The molecule has 5 nitrogen and oxygen atoms in total. The molecule has 1 aliphatic heterocycles. The summed E-state index contributed by atoms with van der Waals surface area (Å²) in [6.07, 6.45) is 0.940. The Bertz CT molecular complexity index is 454. The van der Waals surface area contributed by atoms with Gasteiger partial charge in [-0.3, -0.25) is 9.59 Å². The van der Waals surface area contributed by atoms with Crippen molar-refractivity contribution in [3.63, 3.8) is 0 Å². The normalized spacial score (nSPS) is 13.9. The van der Waals surface area contributed by atoms with Crippen molar-refractivity contribution in [3.8, 4) is 5.75 Å². The van der Waals surface area contributed by atoms with Crippen LogP contribution < -0.4 is 4.74 Å². The fraction of sp³-hybridized carbons (Fsp3) is 0.385. The Morgan fingerprint density at radius 3 is 2.61 bits per heavy atom. The number of hydrogen-bond donors (Lipinski definition) is 1. The topological polar surface area (TPSA) is 66.8 Å². The van der Waals surface area contributed by atoms with Crippen molar-refractivity contribution in [3.05, 3.63) is 29.8 Å². The van der Waals surface area contributed by atoms with Crippen molar-refractivity contribution >= 4 is 11.9 Å². The summed E-state index contributed by atoms with van der Waals surface area (Å²) in [6.45, 7) is 1.55. The summed E-state index contributed by atoms with van der Waals surface area (Å²) < 4.78 is 5.40. The number of ether oxygens (including phenoxy) is 1. The molecule has 0 unspecified atom stereocenters. The summed E-state index contributed by atoms with van der Waals surface area (Å²) in [5, 5.41) is 8.77. The summed E-state index contributed by atoms with van der Waals surface area (Å²) in [4.78, 5) is 24.0. The number of hydrogen-bond acceptors (Lipinski definition) is 3. The Balaban J connectivity index is 1.95. The SMILES string of the molecule is O=C(O)Cc1ccccc1OCC(=O)N1CCC1. The number of benzene rings is 1. The average molecular weight is 249 g/mol. The van der Waals surface area contributed by atoms with Gasteiger partial charge in [-0.2, -0.15) is 0 Å². The van der Waals surface area contributed by atoms with Crippen molar-refractivity contribution in [2.75, 3.05) is 19.7 Å². The lowest BCUT2D eigenvalue weighted by molar-refractivity contribution is -0.137. The van der Waals surface area contributed by atoms with Crippen LogP contribution in [0, 0.1) is 0 Å². The summed E-state index contributed by atoms with van der Waals surface area (Å²) >= 11 is 0. The molecule has 2 rings (SSSR count). The van der Waals surface area contributed by atoms with Crippen molar-refractivity contribution < 1.29 is 19.4 Å². The molecule has 0 bridgehead atoms. The van der Waals surface area contributed by atoms with Gasteiger partial charge in [-0.1, -0.05) is 18.2 Å². The minimum atomic E-state index is -0.917. The van der Waals surface area contributed by atoms with Crippen LogP contribution >= 0.6 is 0 Å². The summed E-state index contributed by atoms with van der Waals surface area (Å²) in [5.74, 6) is -0.500.